The Hall–Kier alpha value is -2.05. The minimum atomic E-state index is -3.77. The Bertz CT molecular complexity index is 1360. The number of hydrogen-bond donors (Lipinski definition) is 2. The summed E-state index contributed by atoms with van der Waals surface area (Å²) < 4.78 is 35.6. The monoisotopic (exact) mass is 553 g/mol. The molecule has 2 aromatic rings. The smallest absolute Gasteiger partial charge is 0.262 e. The molecule has 0 aliphatic heterocycles. The number of nitrogens with one attached hydrogen (secondary N) is 1. The Balaban J connectivity index is 1.78. The zero-order valence-corrected chi connectivity index (χ0v) is 24.3. The van der Waals surface area contributed by atoms with Crippen LogP contribution in [0.1, 0.15) is 40.5 Å². The normalized spacial score (nSPS) is 16.7. The Morgan fingerprint density at radius 3 is 2.61 bits per heavy atom. The molecule has 0 radical (unpaired) electrons. The van der Waals surface area contributed by atoms with Gasteiger partial charge in [-0.15, -0.1) is 0 Å². The second-order valence-electron chi connectivity index (χ2n) is 11.0. The average Bonchev–Trinajstić information content (AvgIpc) is 3.49. The minimum absolute atomic E-state index is 0.00813. The molecule has 36 heavy (non-hydrogen) atoms. The molecule has 0 unspecified atom stereocenters. The van der Waals surface area contributed by atoms with Crippen LogP contribution in [0.5, 0.6) is 0 Å². The molecule has 0 saturated heterocycles. The number of nitrogens with two attached hydrogens (primary N) is 1. The van der Waals surface area contributed by atoms with Gasteiger partial charge >= 0.3 is 0 Å². The quantitative estimate of drug-likeness (QED) is 0.199. The van der Waals surface area contributed by atoms with Crippen molar-refractivity contribution in [3.05, 3.63) is 45.6 Å². The van der Waals surface area contributed by atoms with E-state index in [1.165, 1.54) is 29.0 Å². The van der Waals surface area contributed by atoms with Crippen LogP contribution in [0.25, 0.3) is 10.9 Å². The highest BCUT2D eigenvalue weighted by molar-refractivity contribution is 7.89. The maximum Gasteiger partial charge on any atom is 0.262 e. The predicted molar refractivity (Wildman–Crippen MR) is 148 cm³/mol. The number of sulfonamides is 1. The third-order valence-corrected chi connectivity index (χ3v) is 13.3. The molecule has 1 fully saturated rings. The summed E-state index contributed by atoms with van der Waals surface area (Å²) in [5, 5.41) is 0.241. The van der Waals surface area contributed by atoms with Crippen LogP contribution in [0, 0.1) is 0 Å². The number of fused-ring (bicyclic) bond motifs is 1. The van der Waals surface area contributed by atoms with Crippen LogP contribution in [-0.2, 0) is 21.0 Å². The third-order valence-electron chi connectivity index (χ3n) is 6.87. The van der Waals surface area contributed by atoms with Crippen molar-refractivity contribution in [3.8, 4) is 0 Å². The number of nitrogens with zero attached hydrogens (tertiary/aromatic N) is 3. The fourth-order valence-corrected chi connectivity index (χ4v) is 5.97. The second-order valence-corrected chi connectivity index (χ2v) is 17.8. The molecule has 1 saturated carbocycles. The first-order valence-electron chi connectivity index (χ1n) is 11.9. The van der Waals surface area contributed by atoms with E-state index in [2.05, 4.69) is 48.6 Å². The number of aliphatic imine (C=N–C) groups is 1. The molecule has 1 aromatic heterocycles. The van der Waals surface area contributed by atoms with E-state index in [9.17, 15) is 13.2 Å². The molecule has 3 rings (SSSR count). The molecule has 1 aliphatic rings. The van der Waals surface area contributed by atoms with Gasteiger partial charge in [0, 0.05) is 23.5 Å². The highest BCUT2D eigenvalue weighted by atomic mass is 35.5. The highest BCUT2D eigenvalue weighted by Gasteiger charge is 2.41. The maximum atomic E-state index is 13.3. The van der Waals surface area contributed by atoms with Gasteiger partial charge in [-0.05, 0) is 67.7 Å². The van der Waals surface area contributed by atoms with Crippen molar-refractivity contribution in [2.75, 3.05) is 13.2 Å². The standard InChI is InChI=1S/C24H36ClN5O4SSi/c1-23(2,3)36(5,6)34-12-11-27-15-17(14-26)16-30-21(31)19-13-18(7-8-20(19)28-22(30)25)35(32,33)29-24(4)9-10-24/h7-8,13-15,29H,9-12,16,26H2,1-6H3. The molecule has 1 aromatic carbocycles. The molecule has 9 nitrogen and oxygen atoms in total. The van der Waals surface area contributed by atoms with E-state index in [1.807, 2.05) is 6.92 Å². The van der Waals surface area contributed by atoms with Crippen molar-refractivity contribution >= 4 is 47.1 Å². The number of allylic oxidation sites excluding steroid dienone is 1. The molecular formula is C24H36ClN5O4SSi. The van der Waals surface area contributed by atoms with Gasteiger partial charge in [-0.1, -0.05) is 20.8 Å². The third kappa shape index (κ3) is 6.63. The molecule has 0 amide bonds. The summed E-state index contributed by atoms with van der Waals surface area (Å²) >= 11 is 6.30. The van der Waals surface area contributed by atoms with Gasteiger partial charge in [-0.25, -0.2) is 18.1 Å². The van der Waals surface area contributed by atoms with Crippen molar-refractivity contribution < 1.29 is 12.8 Å². The van der Waals surface area contributed by atoms with E-state index >= 15 is 0 Å². The summed E-state index contributed by atoms with van der Waals surface area (Å²) in [6.07, 6.45) is 4.50. The number of rotatable bonds is 10. The van der Waals surface area contributed by atoms with Gasteiger partial charge < -0.3 is 10.2 Å². The molecule has 12 heteroatoms. The topological polar surface area (TPSA) is 129 Å². The Kier molecular flexibility index (Phi) is 8.21. The highest BCUT2D eigenvalue weighted by Crippen LogP contribution is 2.37. The van der Waals surface area contributed by atoms with E-state index in [0.717, 1.165) is 12.8 Å². The molecule has 1 aliphatic carbocycles. The first-order valence-corrected chi connectivity index (χ1v) is 16.6. The summed E-state index contributed by atoms with van der Waals surface area (Å²) in [6.45, 7) is 13.7. The molecule has 0 spiro atoms. The van der Waals surface area contributed by atoms with Crippen molar-refractivity contribution in [3.63, 3.8) is 0 Å². The Morgan fingerprint density at radius 2 is 2.03 bits per heavy atom. The number of hydrogen-bond acceptors (Lipinski definition) is 7. The van der Waals surface area contributed by atoms with E-state index in [1.54, 1.807) is 6.21 Å². The van der Waals surface area contributed by atoms with Crippen LogP contribution in [-0.4, -0.2) is 51.2 Å². The number of benzene rings is 1. The van der Waals surface area contributed by atoms with Gasteiger partial charge in [0.25, 0.3) is 5.56 Å². The van der Waals surface area contributed by atoms with Gasteiger partial charge in [0.15, 0.2) is 8.32 Å². The Morgan fingerprint density at radius 1 is 1.36 bits per heavy atom. The number of aromatic nitrogens is 2. The fraction of sp³-hybridized carbons (Fsp3) is 0.542. The van der Waals surface area contributed by atoms with Crippen LogP contribution in [0.4, 0.5) is 0 Å². The van der Waals surface area contributed by atoms with Crippen molar-refractivity contribution in [2.45, 2.75) is 75.6 Å². The van der Waals surface area contributed by atoms with E-state index in [4.69, 9.17) is 21.8 Å². The van der Waals surface area contributed by atoms with Gasteiger partial charge in [0.2, 0.25) is 15.3 Å². The molecule has 198 valence electrons. The van der Waals surface area contributed by atoms with Crippen molar-refractivity contribution in [1.29, 1.82) is 0 Å². The van der Waals surface area contributed by atoms with Crippen LogP contribution in [0.3, 0.4) is 0 Å². The maximum absolute atomic E-state index is 13.3. The lowest BCUT2D eigenvalue weighted by molar-refractivity contribution is 0.298. The summed E-state index contributed by atoms with van der Waals surface area (Å²) in [5.74, 6) is 0. The lowest BCUT2D eigenvalue weighted by Gasteiger charge is -2.35. The molecule has 0 bridgehead atoms. The summed E-state index contributed by atoms with van der Waals surface area (Å²) in [7, 11) is -5.62. The van der Waals surface area contributed by atoms with E-state index in [-0.39, 0.29) is 27.1 Å². The lowest BCUT2D eigenvalue weighted by Crippen LogP contribution is -2.41. The molecule has 0 atom stereocenters. The second kappa shape index (κ2) is 10.4. The van der Waals surface area contributed by atoms with Crippen LogP contribution in [0.15, 0.2) is 44.7 Å². The van der Waals surface area contributed by atoms with Crippen LogP contribution >= 0.6 is 11.6 Å². The summed E-state index contributed by atoms with van der Waals surface area (Å²) in [6, 6.07) is 4.25. The Labute approximate surface area is 219 Å². The average molecular weight is 554 g/mol. The van der Waals surface area contributed by atoms with E-state index < -0.39 is 29.4 Å². The van der Waals surface area contributed by atoms with Gasteiger partial charge in [-0.2, -0.15) is 0 Å². The van der Waals surface area contributed by atoms with Crippen molar-refractivity contribution in [1.82, 2.24) is 14.3 Å². The van der Waals surface area contributed by atoms with Gasteiger partial charge in [-0.3, -0.25) is 14.4 Å². The van der Waals surface area contributed by atoms with Gasteiger partial charge in [0.1, 0.15) is 0 Å². The molecule has 3 N–H and O–H groups in total. The minimum Gasteiger partial charge on any atom is -0.415 e. The first kappa shape index (κ1) is 28.5. The lowest BCUT2D eigenvalue weighted by atomic mass is 10.2. The van der Waals surface area contributed by atoms with E-state index in [0.29, 0.717) is 24.2 Å². The predicted octanol–water partition coefficient (Wildman–Crippen LogP) is 3.82. The zero-order valence-electron chi connectivity index (χ0n) is 21.8. The zero-order chi connectivity index (χ0) is 26.9. The first-order chi connectivity index (χ1) is 16.6. The largest absolute Gasteiger partial charge is 0.415 e. The molecule has 1 heterocycles. The SMILES string of the molecule is CC1(NS(=O)(=O)c2ccc3nc(Cl)n(CC(C=NCCO[Si](C)(C)C(C)(C)C)=CN)c(=O)c3c2)CC1. The van der Waals surface area contributed by atoms with Crippen molar-refractivity contribution in [2.24, 2.45) is 10.7 Å². The van der Waals surface area contributed by atoms with Crippen LogP contribution in [0.2, 0.25) is 23.4 Å². The summed E-state index contributed by atoms with van der Waals surface area (Å²) in [5.41, 5.74) is 5.75. The number of halogens is 1. The van der Waals surface area contributed by atoms with Crippen LogP contribution < -0.4 is 16.0 Å². The van der Waals surface area contributed by atoms with Gasteiger partial charge in [0.05, 0.1) is 35.5 Å². The summed E-state index contributed by atoms with van der Waals surface area (Å²) in [4.78, 5) is 21.9. The molecular weight excluding hydrogens is 518 g/mol. The fourth-order valence-electron chi connectivity index (χ4n) is 3.22.